The zero-order valence-corrected chi connectivity index (χ0v) is 15.4. The fourth-order valence-corrected chi connectivity index (χ4v) is 2.27. The topological polar surface area (TPSA) is 52.1 Å². The highest BCUT2D eigenvalue weighted by atomic mass is 127. The van der Waals surface area contributed by atoms with Crippen LogP contribution >= 0.6 is 36.6 Å². The predicted octanol–water partition coefficient (Wildman–Crippen LogP) is 2.41. The molecule has 0 atom stereocenters. The fraction of sp³-hybridized carbons (Fsp3) is 0.500. The quantitative estimate of drug-likeness (QED) is 0.330. The number of nitrogens with zero attached hydrogens (tertiary/aromatic N) is 1. The summed E-state index contributed by atoms with van der Waals surface area (Å²) in [6.45, 7) is 4.26. The molecule has 7 heteroatoms. The molecule has 0 aliphatic carbocycles. The van der Waals surface area contributed by atoms with Gasteiger partial charge in [0.2, 0.25) is 5.79 Å². The number of hydrogen-bond donors (Lipinski definition) is 2. The van der Waals surface area contributed by atoms with E-state index in [2.05, 4.69) is 22.9 Å². The normalized spacial score (nSPS) is 17.2. The number of halogens is 1. The molecule has 0 aromatic heterocycles. The average Bonchev–Trinajstić information content (AvgIpc) is 2.96. The average molecular weight is 424 g/mol. The van der Waals surface area contributed by atoms with E-state index in [9.17, 15) is 0 Å². The molecule has 1 aromatic carbocycles. The van der Waals surface area contributed by atoms with Crippen molar-refractivity contribution < 1.29 is 14.2 Å². The Bertz CT molecular complexity index is 462. The predicted molar refractivity (Wildman–Crippen MR) is 97.0 cm³/mol. The number of aliphatic imine (C=N–C) groups is 1. The molecule has 1 aromatic rings. The monoisotopic (exact) mass is 424 g/mol. The number of ether oxygens (including phenoxy) is 3. The van der Waals surface area contributed by atoms with Crippen LogP contribution in [0.5, 0.6) is 5.75 Å². The van der Waals surface area contributed by atoms with Crippen LogP contribution in [0.15, 0.2) is 29.3 Å². The van der Waals surface area contributed by atoms with E-state index in [1.54, 1.807) is 7.11 Å². The molecule has 21 heavy (non-hydrogen) atoms. The minimum absolute atomic E-state index is 0. The number of thiol groups is 1. The highest BCUT2D eigenvalue weighted by Gasteiger charge is 2.38. The van der Waals surface area contributed by atoms with Crippen molar-refractivity contribution in [3.05, 3.63) is 29.8 Å². The van der Waals surface area contributed by atoms with E-state index in [-0.39, 0.29) is 24.0 Å². The second-order valence-corrected chi connectivity index (χ2v) is 4.77. The summed E-state index contributed by atoms with van der Waals surface area (Å²) in [5.41, 5.74) is 0.928. The van der Waals surface area contributed by atoms with E-state index >= 15 is 0 Å². The highest BCUT2D eigenvalue weighted by molar-refractivity contribution is 14.0. The summed E-state index contributed by atoms with van der Waals surface area (Å²) >= 11 is 4.27. The summed E-state index contributed by atoms with van der Waals surface area (Å²) < 4.78 is 16.8. The van der Waals surface area contributed by atoms with Gasteiger partial charge in [-0.05, 0) is 31.2 Å². The van der Waals surface area contributed by atoms with Gasteiger partial charge in [-0.3, -0.25) is 4.99 Å². The van der Waals surface area contributed by atoms with Gasteiger partial charge in [0, 0.05) is 12.1 Å². The van der Waals surface area contributed by atoms with Crippen LogP contribution in [-0.4, -0.2) is 38.6 Å². The van der Waals surface area contributed by atoms with Crippen molar-refractivity contribution in [2.24, 2.45) is 4.99 Å². The summed E-state index contributed by atoms with van der Waals surface area (Å²) in [6.07, 6.45) is 0. The number of nitrogens with one attached hydrogen (secondary N) is 1. The van der Waals surface area contributed by atoms with Crippen molar-refractivity contribution in [3.63, 3.8) is 0 Å². The summed E-state index contributed by atoms with van der Waals surface area (Å²) in [6, 6.07) is 7.64. The van der Waals surface area contributed by atoms with E-state index in [0.29, 0.717) is 24.9 Å². The molecule has 1 fully saturated rings. The maximum absolute atomic E-state index is 5.80. The summed E-state index contributed by atoms with van der Waals surface area (Å²) in [5, 5.41) is 3.62. The third-order valence-corrected chi connectivity index (χ3v) is 3.36. The molecule has 1 aliphatic rings. The van der Waals surface area contributed by atoms with Crippen molar-refractivity contribution in [1.29, 1.82) is 0 Å². The van der Waals surface area contributed by atoms with Gasteiger partial charge in [0.15, 0.2) is 5.17 Å². The van der Waals surface area contributed by atoms with Crippen LogP contribution in [0.4, 0.5) is 0 Å². The van der Waals surface area contributed by atoms with Crippen LogP contribution in [0.1, 0.15) is 12.5 Å². The molecule has 2 rings (SSSR count). The Morgan fingerprint density at radius 1 is 1.33 bits per heavy atom. The molecule has 0 spiro atoms. The highest BCUT2D eigenvalue weighted by Crippen LogP contribution is 2.33. The first-order valence-electron chi connectivity index (χ1n) is 6.60. The first-order chi connectivity index (χ1) is 9.70. The van der Waals surface area contributed by atoms with Gasteiger partial charge >= 0.3 is 0 Å². The first kappa shape index (κ1) is 18.5. The van der Waals surface area contributed by atoms with E-state index in [1.807, 2.05) is 31.2 Å². The summed E-state index contributed by atoms with van der Waals surface area (Å²) in [7, 11) is 1.64. The Labute approximate surface area is 147 Å². The van der Waals surface area contributed by atoms with E-state index in [1.165, 1.54) is 0 Å². The third-order valence-electron chi connectivity index (χ3n) is 3.06. The van der Waals surface area contributed by atoms with Crippen LogP contribution in [0.3, 0.4) is 0 Å². The maximum atomic E-state index is 5.80. The molecule has 5 nitrogen and oxygen atoms in total. The fourth-order valence-electron chi connectivity index (χ4n) is 2.04. The standard InChI is InChI=1S/C14H20N2O3S.HI/c1-3-15-13(20)16-10-14(18-8-9-19-14)11-4-6-12(17-2)7-5-11;/h4-7H,3,8-10H2,1-2H3,(H2,15,16,20);1H. The first-order valence-corrected chi connectivity index (χ1v) is 7.04. The largest absolute Gasteiger partial charge is 0.497 e. The SMILES string of the molecule is CCN/C(S)=N/CC1(c2ccc(OC)cc2)OCCO1.I. The Morgan fingerprint density at radius 3 is 2.48 bits per heavy atom. The lowest BCUT2D eigenvalue weighted by molar-refractivity contribution is -0.156. The van der Waals surface area contributed by atoms with Crippen molar-refractivity contribution >= 4 is 41.8 Å². The minimum atomic E-state index is -0.824. The Morgan fingerprint density at radius 2 is 1.95 bits per heavy atom. The van der Waals surface area contributed by atoms with Gasteiger partial charge in [0.1, 0.15) is 12.3 Å². The van der Waals surface area contributed by atoms with Crippen LogP contribution in [0.2, 0.25) is 0 Å². The lowest BCUT2D eigenvalue weighted by atomic mass is 10.1. The number of amidine groups is 1. The molecule has 0 bridgehead atoms. The van der Waals surface area contributed by atoms with E-state index < -0.39 is 5.79 Å². The Hall–Kier alpha value is -0.510. The molecule has 0 saturated carbocycles. The van der Waals surface area contributed by atoms with Crippen molar-refractivity contribution in [3.8, 4) is 5.75 Å². The van der Waals surface area contributed by atoms with Gasteiger partial charge in [0.05, 0.1) is 20.3 Å². The van der Waals surface area contributed by atoms with Crippen LogP contribution in [-0.2, 0) is 15.3 Å². The van der Waals surface area contributed by atoms with Crippen molar-refractivity contribution in [2.45, 2.75) is 12.7 Å². The second kappa shape index (κ2) is 8.82. The lowest BCUT2D eigenvalue weighted by Crippen LogP contribution is -2.32. The molecule has 118 valence electrons. The Kier molecular flexibility index (Phi) is 7.78. The van der Waals surface area contributed by atoms with Crippen LogP contribution in [0.25, 0.3) is 0 Å². The van der Waals surface area contributed by atoms with Gasteiger partial charge in [-0.15, -0.1) is 36.6 Å². The Balaban J connectivity index is 0.00000220. The number of hydrogen-bond acceptors (Lipinski definition) is 4. The van der Waals surface area contributed by atoms with Gasteiger partial charge in [-0.1, -0.05) is 0 Å². The van der Waals surface area contributed by atoms with Crippen LogP contribution < -0.4 is 10.1 Å². The zero-order chi connectivity index (χ0) is 14.4. The number of methoxy groups -OCH3 is 1. The smallest absolute Gasteiger partial charge is 0.215 e. The molecular weight excluding hydrogens is 403 g/mol. The molecule has 1 N–H and O–H groups in total. The van der Waals surface area contributed by atoms with Gasteiger partial charge in [-0.25, -0.2) is 0 Å². The van der Waals surface area contributed by atoms with E-state index in [0.717, 1.165) is 17.9 Å². The molecule has 1 saturated heterocycles. The van der Waals surface area contributed by atoms with Crippen LogP contribution in [0, 0.1) is 0 Å². The summed E-state index contributed by atoms with van der Waals surface area (Å²) in [5.74, 6) is -0.0247. The molecule has 0 amide bonds. The van der Waals surface area contributed by atoms with Gasteiger partial charge in [-0.2, -0.15) is 0 Å². The molecular formula is C14H21IN2O3S. The molecule has 0 unspecified atom stereocenters. The van der Waals surface area contributed by atoms with Crippen molar-refractivity contribution in [2.75, 3.05) is 33.4 Å². The molecule has 1 heterocycles. The minimum Gasteiger partial charge on any atom is -0.497 e. The third kappa shape index (κ3) is 4.73. The number of benzene rings is 1. The second-order valence-electron chi connectivity index (χ2n) is 4.35. The summed E-state index contributed by atoms with van der Waals surface area (Å²) in [4.78, 5) is 4.38. The molecule has 0 radical (unpaired) electrons. The lowest BCUT2D eigenvalue weighted by Gasteiger charge is -2.26. The van der Waals surface area contributed by atoms with Gasteiger partial charge in [0.25, 0.3) is 0 Å². The zero-order valence-electron chi connectivity index (χ0n) is 12.2. The van der Waals surface area contributed by atoms with E-state index in [4.69, 9.17) is 14.2 Å². The van der Waals surface area contributed by atoms with Crippen molar-refractivity contribution in [1.82, 2.24) is 5.32 Å². The maximum Gasteiger partial charge on any atom is 0.215 e. The number of rotatable bonds is 5. The molecule has 1 aliphatic heterocycles. The van der Waals surface area contributed by atoms with Gasteiger partial charge < -0.3 is 19.5 Å².